The van der Waals surface area contributed by atoms with Crippen LogP contribution in [0.2, 0.25) is 0 Å². The van der Waals surface area contributed by atoms with Crippen molar-refractivity contribution in [1.82, 2.24) is 9.78 Å². The van der Waals surface area contributed by atoms with Crippen molar-refractivity contribution in [1.29, 1.82) is 0 Å². The Morgan fingerprint density at radius 3 is 2.83 bits per heavy atom. The number of unbranched alkanes of at least 4 members (excludes halogenated alkanes) is 2. The highest BCUT2D eigenvalue weighted by molar-refractivity contribution is 5.86. The Kier molecular flexibility index (Phi) is 5.42. The van der Waals surface area contributed by atoms with Gasteiger partial charge in [-0.25, -0.2) is 9.48 Å². The normalized spacial score (nSPS) is 11.1. The predicted octanol–water partition coefficient (Wildman–Crippen LogP) is 2.40. The third kappa shape index (κ3) is 3.91. The van der Waals surface area contributed by atoms with Gasteiger partial charge in [-0.2, -0.15) is 5.10 Å². The van der Waals surface area contributed by atoms with Crippen molar-refractivity contribution < 1.29 is 14.6 Å². The lowest BCUT2D eigenvalue weighted by Gasteiger charge is -2.06. The third-order valence-corrected chi connectivity index (χ3v) is 2.59. The summed E-state index contributed by atoms with van der Waals surface area (Å²) in [5.74, 6) is -0.351. The van der Waals surface area contributed by atoms with Crippen LogP contribution in [0, 0.1) is 6.92 Å². The summed E-state index contributed by atoms with van der Waals surface area (Å²) in [6, 6.07) is 0. The van der Waals surface area contributed by atoms with Gasteiger partial charge in [-0.15, -0.1) is 0 Å². The Morgan fingerprint density at radius 2 is 2.22 bits per heavy atom. The minimum atomic E-state index is -0.977. The SMILES string of the molecule is CCCCCOc1c(/C=C/C(=O)O)c(C)nn1C. The number of carboxylic acids is 1. The molecule has 0 radical (unpaired) electrons. The van der Waals surface area contributed by atoms with E-state index >= 15 is 0 Å². The second kappa shape index (κ2) is 6.83. The second-order valence-electron chi connectivity index (χ2n) is 4.15. The maximum atomic E-state index is 10.5. The van der Waals surface area contributed by atoms with E-state index in [1.165, 1.54) is 6.08 Å². The highest BCUT2D eigenvalue weighted by atomic mass is 16.5. The van der Waals surface area contributed by atoms with Crippen molar-refractivity contribution >= 4 is 12.0 Å². The van der Waals surface area contributed by atoms with Crippen LogP contribution in [0.4, 0.5) is 0 Å². The maximum absolute atomic E-state index is 10.5. The Bertz CT molecular complexity index is 436. The van der Waals surface area contributed by atoms with Crippen LogP contribution in [0.5, 0.6) is 5.88 Å². The lowest BCUT2D eigenvalue weighted by atomic mass is 10.2. The number of carbonyl (C=O) groups is 1. The number of aromatic nitrogens is 2. The van der Waals surface area contributed by atoms with E-state index < -0.39 is 5.97 Å². The fraction of sp³-hybridized carbons (Fsp3) is 0.538. The molecule has 5 nitrogen and oxygen atoms in total. The average Bonchev–Trinajstić information content (AvgIpc) is 2.57. The summed E-state index contributed by atoms with van der Waals surface area (Å²) in [6.07, 6.45) is 5.88. The molecule has 100 valence electrons. The Morgan fingerprint density at radius 1 is 1.50 bits per heavy atom. The quantitative estimate of drug-likeness (QED) is 0.598. The van der Waals surface area contributed by atoms with E-state index in [2.05, 4.69) is 12.0 Å². The van der Waals surface area contributed by atoms with Crippen molar-refractivity contribution in [3.05, 3.63) is 17.3 Å². The molecule has 0 aliphatic rings. The Balaban J connectivity index is 2.79. The van der Waals surface area contributed by atoms with E-state index in [4.69, 9.17) is 9.84 Å². The fourth-order valence-corrected chi connectivity index (χ4v) is 1.69. The van der Waals surface area contributed by atoms with E-state index in [9.17, 15) is 4.79 Å². The first-order valence-corrected chi connectivity index (χ1v) is 6.13. The molecule has 1 rings (SSSR count). The van der Waals surface area contributed by atoms with E-state index in [1.54, 1.807) is 11.7 Å². The molecule has 0 aliphatic carbocycles. The number of rotatable bonds is 7. The molecule has 1 N–H and O–H groups in total. The van der Waals surface area contributed by atoms with Gasteiger partial charge in [-0.05, 0) is 19.4 Å². The average molecular weight is 252 g/mol. The molecular formula is C13H20N2O3. The zero-order chi connectivity index (χ0) is 13.5. The molecule has 0 saturated heterocycles. The van der Waals surface area contributed by atoms with Gasteiger partial charge in [-0.3, -0.25) is 0 Å². The predicted molar refractivity (Wildman–Crippen MR) is 69.6 cm³/mol. The van der Waals surface area contributed by atoms with Crippen molar-refractivity contribution in [3.63, 3.8) is 0 Å². The molecule has 0 aromatic carbocycles. The first-order chi connectivity index (χ1) is 8.56. The number of hydrogen-bond acceptors (Lipinski definition) is 3. The van der Waals surface area contributed by atoms with Gasteiger partial charge in [0.25, 0.3) is 0 Å². The summed E-state index contributed by atoms with van der Waals surface area (Å²) in [7, 11) is 1.79. The van der Waals surface area contributed by atoms with Crippen LogP contribution in [0.15, 0.2) is 6.08 Å². The van der Waals surface area contributed by atoms with Crippen molar-refractivity contribution in [2.45, 2.75) is 33.1 Å². The van der Waals surface area contributed by atoms with Crippen LogP contribution in [0.3, 0.4) is 0 Å². The van der Waals surface area contributed by atoms with Gasteiger partial charge >= 0.3 is 5.97 Å². The van der Waals surface area contributed by atoms with Gasteiger partial charge in [0.15, 0.2) is 0 Å². The van der Waals surface area contributed by atoms with Crippen molar-refractivity contribution in [2.75, 3.05) is 6.61 Å². The summed E-state index contributed by atoms with van der Waals surface area (Å²) in [4.78, 5) is 10.5. The third-order valence-electron chi connectivity index (χ3n) is 2.59. The summed E-state index contributed by atoms with van der Waals surface area (Å²) in [6.45, 7) is 4.59. The zero-order valence-electron chi connectivity index (χ0n) is 11.1. The van der Waals surface area contributed by atoms with Crippen LogP contribution < -0.4 is 4.74 Å². The van der Waals surface area contributed by atoms with Gasteiger partial charge in [0, 0.05) is 13.1 Å². The molecule has 1 aromatic rings. The maximum Gasteiger partial charge on any atom is 0.328 e. The van der Waals surface area contributed by atoms with Crippen LogP contribution in [0.25, 0.3) is 6.08 Å². The lowest BCUT2D eigenvalue weighted by Crippen LogP contribution is -2.03. The highest BCUT2D eigenvalue weighted by Crippen LogP contribution is 2.23. The number of carboxylic acid groups (broad SMARTS) is 1. The first kappa shape index (κ1) is 14.3. The number of aliphatic carboxylic acids is 1. The molecule has 0 atom stereocenters. The summed E-state index contributed by atoms with van der Waals surface area (Å²) in [5, 5.41) is 12.9. The minimum Gasteiger partial charge on any atom is -0.478 e. The van der Waals surface area contributed by atoms with Crippen molar-refractivity contribution in [2.24, 2.45) is 7.05 Å². The molecule has 1 aromatic heterocycles. The monoisotopic (exact) mass is 252 g/mol. The largest absolute Gasteiger partial charge is 0.478 e. The summed E-state index contributed by atoms with van der Waals surface area (Å²) < 4.78 is 7.32. The highest BCUT2D eigenvalue weighted by Gasteiger charge is 2.12. The molecule has 0 saturated carbocycles. The molecule has 0 unspecified atom stereocenters. The molecule has 1 heterocycles. The van der Waals surface area contributed by atoms with Crippen LogP contribution in [0.1, 0.15) is 37.4 Å². The molecule has 0 bridgehead atoms. The van der Waals surface area contributed by atoms with E-state index in [-0.39, 0.29) is 0 Å². The zero-order valence-corrected chi connectivity index (χ0v) is 11.1. The molecule has 0 aliphatic heterocycles. The van der Waals surface area contributed by atoms with Gasteiger partial charge in [0.05, 0.1) is 17.9 Å². The number of aryl methyl sites for hydroxylation is 2. The van der Waals surface area contributed by atoms with E-state index in [0.29, 0.717) is 12.5 Å². The second-order valence-corrected chi connectivity index (χ2v) is 4.15. The van der Waals surface area contributed by atoms with Crippen LogP contribution in [-0.2, 0) is 11.8 Å². The smallest absolute Gasteiger partial charge is 0.328 e. The summed E-state index contributed by atoms with van der Waals surface area (Å²) >= 11 is 0. The molecule has 5 heteroatoms. The standard InChI is InChI=1S/C13H20N2O3/c1-4-5-6-9-18-13-11(7-8-12(16)17)10(2)14-15(13)3/h7-8H,4-6,9H2,1-3H3,(H,16,17)/b8-7+. The fourth-order valence-electron chi connectivity index (χ4n) is 1.69. The first-order valence-electron chi connectivity index (χ1n) is 6.13. The van der Waals surface area contributed by atoms with Gasteiger partial charge < -0.3 is 9.84 Å². The van der Waals surface area contributed by atoms with Crippen molar-refractivity contribution in [3.8, 4) is 5.88 Å². The molecule has 18 heavy (non-hydrogen) atoms. The Labute approximate surface area is 107 Å². The molecular weight excluding hydrogens is 232 g/mol. The topological polar surface area (TPSA) is 64.3 Å². The van der Waals surface area contributed by atoms with E-state index in [0.717, 1.165) is 36.6 Å². The summed E-state index contributed by atoms with van der Waals surface area (Å²) in [5.41, 5.74) is 1.50. The van der Waals surface area contributed by atoms with Crippen LogP contribution >= 0.6 is 0 Å². The minimum absolute atomic E-state index is 0.626. The van der Waals surface area contributed by atoms with Gasteiger partial charge in [0.2, 0.25) is 5.88 Å². The lowest BCUT2D eigenvalue weighted by molar-refractivity contribution is -0.131. The number of nitrogens with zero attached hydrogens (tertiary/aromatic N) is 2. The molecule has 0 spiro atoms. The number of ether oxygens (including phenoxy) is 1. The van der Waals surface area contributed by atoms with Gasteiger partial charge in [0.1, 0.15) is 0 Å². The molecule has 0 fully saturated rings. The number of hydrogen-bond donors (Lipinski definition) is 1. The van der Waals surface area contributed by atoms with Gasteiger partial charge in [-0.1, -0.05) is 19.8 Å². The molecule has 0 amide bonds. The van der Waals surface area contributed by atoms with Crippen LogP contribution in [-0.4, -0.2) is 27.5 Å². The van der Waals surface area contributed by atoms with E-state index in [1.807, 2.05) is 6.92 Å². The Hall–Kier alpha value is -1.78.